The van der Waals surface area contributed by atoms with Gasteiger partial charge in [-0.2, -0.15) is 0 Å². The van der Waals surface area contributed by atoms with Gasteiger partial charge in [-0.15, -0.1) is 0 Å². The van der Waals surface area contributed by atoms with Gasteiger partial charge in [-0.3, -0.25) is 0 Å². The third-order valence-corrected chi connectivity index (χ3v) is 7.01. The van der Waals surface area contributed by atoms with E-state index in [-0.39, 0.29) is 11.2 Å². The van der Waals surface area contributed by atoms with Gasteiger partial charge in [0.2, 0.25) is 0 Å². The van der Waals surface area contributed by atoms with Crippen LogP contribution in [0.25, 0.3) is 10.9 Å². The first kappa shape index (κ1) is 16.8. The fraction of sp³-hybridized carbons (Fsp3) is 0.391. The Labute approximate surface area is 159 Å². The molecule has 1 N–H and O–H groups in total. The van der Waals surface area contributed by atoms with Gasteiger partial charge in [0.15, 0.2) is 0 Å². The Kier molecular flexibility index (Phi) is 3.63. The number of benzene rings is 2. The smallest absolute Gasteiger partial charge is 0.125 e. The summed E-state index contributed by atoms with van der Waals surface area (Å²) in [6.45, 7) is 2.10. The number of rotatable bonds is 1. The Morgan fingerprint density at radius 3 is 2.81 bits per heavy atom. The second-order valence-electron chi connectivity index (χ2n) is 8.44. The molecule has 4 heteroatoms. The van der Waals surface area contributed by atoms with E-state index in [1.54, 1.807) is 18.2 Å². The summed E-state index contributed by atoms with van der Waals surface area (Å²) in [7, 11) is 4.26. The summed E-state index contributed by atoms with van der Waals surface area (Å²) in [6.07, 6.45) is 3.02. The third-order valence-electron chi connectivity index (χ3n) is 7.01. The molecule has 5 rings (SSSR count). The molecule has 3 aromatic rings. The van der Waals surface area contributed by atoms with E-state index < -0.39 is 0 Å². The summed E-state index contributed by atoms with van der Waals surface area (Å²) in [5, 5.41) is 11.3. The van der Waals surface area contributed by atoms with Crippen molar-refractivity contribution < 1.29 is 9.50 Å². The Hall–Kier alpha value is -2.33. The number of aromatic nitrogens is 1. The van der Waals surface area contributed by atoms with Crippen LogP contribution in [0.2, 0.25) is 0 Å². The predicted molar refractivity (Wildman–Crippen MR) is 106 cm³/mol. The summed E-state index contributed by atoms with van der Waals surface area (Å²) in [5.74, 6) is 0.644. The highest BCUT2D eigenvalue weighted by Gasteiger charge is 2.48. The van der Waals surface area contributed by atoms with Crippen molar-refractivity contribution in [3.8, 4) is 5.75 Å². The van der Waals surface area contributed by atoms with E-state index in [1.807, 2.05) is 18.2 Å². The molecule has 140 valence electrons. The van der Waals surface area contributed by atoms with Crippen molar-refractivity contribution in [3.63, 3.8) is 0 Å². The first-order valence-corrected chi connectivity index (χ1v) is 9.72. The van der Waals surface area contributed by atoms with Crippen molar-refractivity contribution in [2.45, 2.75) is 24.7 Å². The lowest BCUT2D eigenvalue weighted by molar-refractivity contribution is 0.0985. The average molecular weight is 364 g/mol. The third kappa shape index (κ3) is 2.43. The van der Waals surface area contributed by atoms with Crippen molar-refractivity contribution in [2.24, 2.45) is 13.0 Å². The van der Waals surface area contributed by atoms with Crippen molar-refractivity contribution in [1.29, 1.82) is 0 Å². The number of aryl methyl sites for hydroxylation is 1. The van der Waals surface area contributed by atoms with E-state index in [2.05, 4.69) is 29.6 Å². The van der Waals surface area contributed by atoms with Crippen LogP contribution in [-0.4, -0.2) is 34.7 Å². The molecule has 1 fully saturated rings. The molecule has 2 aliphatic rings. The van der Waals surface area contributed by atoms with Crippen LogP contribution < -0.4 is 0 Å². The standard InChI is InChI=1S/C23H25FN2O/c1-25-9-8-23(15-4-3-5-18(27)10-15)13-22-20(11-16(23)14-25)19-7-6-17(24)12-21(19)26(22)2/h3-7,10,12,16,27H,8-9,11,13-14H2,1-2H3. The Morgan fingerprint density at radius 2 is 2.00 bits per heavy atom. The van der Waals surface area contributed by atoms with Crippen LogP contribution in [0.3, 0.4) is 0 Å². The molecule has 2 aromatic carbocycles. The zero-order chi connectivity index (χ0) is 18.8. The fourth-order valence-corrected chi connectivity index (χ4v) is 5.57. The maximum absolute atomic E-state index is 13.9. The molecule has 1 aromatic heterocycles. The van der Waals surface area contributed by atoms with E-state index in [9.17, 15) is 9.50 Å². The topological polar surface area (TPSA) is 28.4 Å². The van der Waals surface area contributed by atoms with Crippen LogP contribution in [0.5, 0.6) is 5.75 Å². The second-order valence-corrected chi connectivity index (χ2v) is 8.44. The molecule has 0 saturated carbocycles. The number of piperidine rings is 1. The molecule has 0 bridgehead atoms. The van der Waals surface area contributed by atoms with Crippen molar-refractivity contribution in [3.05, 3.63) is 65.1 Å². The zero-order valence-corrected chi connectivity index (χ0v) is 15.9. The van der Waals surface area contributed by atoms with Crippen LogP contribution in [0.4, 0.5) is 4.39 Å². The monoisotopic (exact) mass is 364 g/mol. The van der Waals surface area contributed by atoms with Gasteiger partial charge in [-0.05, 0) is 80.2 Å². The van der Waals surface area contributed by atoms with Crippen LogP contribution in [0.15, 0.2) is 42.5 Å². The number of fused-ring (bicyclic) bond motifs is 4. The molecular formula is C23H25FN2O. The maximum atomic E-state index is 13.9. The molecule has 2 heterocycles. The predicted octanol–water partition coefficient (Wildman–Crippen LogP) is 4.01. The quantitative estimate of drug-likeness (QED) is 0.707. The molecule has 0 radical (unpaired) electrons. The SMILES string of the molecule is CN1CCC2(c3cccc(O)c3)Cc3c(c4ccc(F)cc4n3C)CC2C1. The van der Waals surface area contributed by atoms with Crippen LogP contribution in [0, 0.1) is 11.7 Å². The Bertz CT molecular complexity index is 1040. The highest BCUT2D eigenvalue weighted by atomic mass is 19.1. The minimum absolute atomic E-state index is 0.0267. The van der Waals surface area contributed by atoms with Gasteiger partial charge in [0, 0.05) is 30.1 Å². The number of likely N-dealkylation sites (tertiary alicyclic amines) is 1. The van der Waals surface area contributed by atoms with Crippen LogP contribution >= 0.6 is 0 Å². The Morgan fingerprint density at radius 1 is 1.15 bits per heavy atom. The number of nitrogens with zero attached hydrogens (tertiary/aromatic N) is 2. The summed E-state index contributed by atoms with van der Waals surface area (Å²) in [6, 6.07) is 13.0. The normalized spacial score (nSPS) is 25.4. The van der Waals surface area contributed by atoms with Gasteiger partial charge in [-0.1, -0.05) is 12.1 Å². The lowest BCUT2D eigenvalue weighted by Crippen LogP contribution is -2.52. The first-order valence-electron chi connectivity index (χ1n) is 9.72. The molecule has 1 aliphatic carbocycles. The Balaban J connectivity index is 1.72. The molecule has 3 nitrogen and oxygen atoms in total. The number of aromatic hydroxyl groups is 1. The lowest BCUT2D eigenvalue weighted by Gasteiger charge is -2.50. The van der Waals surface area contributed by atoms with E-state index in [0.29, 0.717) is 11.7 Å². The zero-order valence-electron chi connectivity index (χ0n) is 15.9. The van der Waals surface area contributed by atoms with E-state index in [1.165, 1.54) is 22.2 Å². The minimum Gasteiger partial charge on any atom is -0.508 e. The van der Waals surface area contributed by atoms with Crippen molar-refractivity contribution in [1.82, 2.24) is 9.47 Å². The van der Waals surface area contributed by atoms with Gasteiger partial charge in [0.05, 0.1) is 5.52 Å². The lowest BCUT2D eigenvalue weighted by atomic mass is 9.59. The molecule has 1 saturated heterocycles. The summed E-state index contributed by atoms with van der Waals surface area (Å²) in [4.78, 5) is 2.42. The van der Waals surface area contributed by atoms with Gasteiger partial charge >= 0.3 is 0 Å². The maximum Gasteiger partial charge on any atom is 0.125 e. The number of phenolic OH excluding ortho intramolecular Hbond substituents is 1. The molecule has 27 heavy (non-hydrogen) atoms. The number of phenols is 1. The van der Waals surface area contributed by atoms with Crippen molar-refractivity contribution >= 4 is 10.9 Å². The van der Waals surface area contributed by atoms with Gasteiger partial charge in [0.1, 0.15) is 11.6 Å². The fourth-order valence-electron chi connectivity index (χ4n) is 5.57. The van der Waals surface area contributed by atoms with Crippen molar-refractivity contribution in [2.75, 3.05) is 20.1 Å². The summed E-state index contributed by atoms with van der Waals surface area (Å²) in [5.41, 5.74) is 4.95. The largest absolute Gasteiger partial charge is 0.508 e. The van der Waals surface area contributed by atoms with E-state index >= 15 is 0 Å². The van der Waals surface area contributed by atoms with Gasteiger partial charge < -0.3 is 14.6 Å². The summed E-state index contributed by atoms with van der Waals surface area (Å²) >= 11 is 0. The molecular weight excluding hydrogens is 339 g/mol. The minimum atomic E-state index is -0.180. The molecule has 1 aliphatic heterocycles. The van der Waals surface area contributed by atoms with Gasteiger partial charge in [0.25, 0.3) is 0 Å². The molecule has 2 atom stereocenters. The van der Waals surface area contributed by atoms with E-state index in [0.717, 1.165) is 37.9 Å². The number of hydrogen-bond acceptors (Lipinski definition) is 2. The highest BCUT2D eigenvalue weighted by molar-refractivity contribution is 5.86. The number of halogens is 1. The van der Waals surface area contributed by atoms with Crippen LogP contribution in [-0.2, 0) is 25.3 Å². The molecule has 0 amide bonds. The average Bonchev–Trinajstić information content (AvgIpc) is 2.91. The second kappa shape index (κ2) is 5.83. The van der Waals surface area contributed by atoms with Crippen LogP contribution in [0.1, 0.15) is 23.2 Å². The van der Waals surface area contributed by atoms with E-state index in [4.69, 9.17) is 0 Å². The number of hydrogen-bond donors (Lipinski definition) is 1. The van der Waals surface area contributed by atoms with Gasteiger partial charge in [-0.25, -0.2) is 4.39 Å². The summed E-state index contributed by atoms with van der Waals surface area (Å²) < 4.78 is 16.1. The molecule has 2 unspecified atom stereocenters. The first-order chi connectivity index (χ1) is 13.0. The molecule has 0 spiro atoms. The highest BCUT2D eigenvalue weighted by Crippen LogP contribution is 2.49.